The van der Waals surface area contributed by atoms with Gasteiger partial charge in [-0.1, -0.05) is 0 Å². The predicted octanol–water partition coefficient (Wildman–Crippen LogP) is 0.297. The Bertz CT molecular complexity index is 370. The molecule has 4 N–H and O–H groups in total. The van der Waals surface area contributed by atoms with E-state index in [0.29, 0.717) is 18.2 Å². The third kappa shape index (κ3) is 5.67. The van der Waals surface area contributed by atoms with Gasteiger partial charge < -0.3 is 21.3 Å². The van der Waals surface area contributed by atoms with E-state index >= 15 is 0 Å². The number of rotatable bonds is 4. The average molecular weight is 253 g/mol. The van der Waals surface area contributed by atoms with Crippen molar-refractivity contribution in [2.45, 2.75) is 0 Å². The van der Waals surface area contributed by atoms with Crippen LogP contribution in [-0.2, 0) is 0 Å². The molecule has 1 rings (SSSR count). The quantitative estimate of drug-likeness (QED) is 0.458. The monoisotopic (exact) mass is 253 g/mol. The fourth-order valence-electron chi connectivity index (χ4n) is 1.05. The average Bonchev–Trinajstić information content (AvgIpc) is 2.35. The van der Waals surface area contributed by atoms with Crippen LogP contribution in [-0.4, -0.2) is 36.3 Å². The van der Waals surface area contributed by atoms with Crippen molar-refractivity contribution in [3.8, 4) is 0 Å². The van der Waals surface area contributed by atoms with Crippen molar-refractivity contribution in [3.05, 3.63) is 24.5 Å². The summed E-state index contributed by atoms with van der Waals surface area (Å²) in [5.74, 6) is 0. The van der Waals surface area contributed by atoms with E-state index in [0.717, 1.165) is 5.69 Å². The molecule has 0 atom stereocenters. The molecular formula is C10H15N5OS. The van der Waals surface area contributed by atoms with Crippen molar-refractivity contribution in [3.63, 3.8) is 0 Å². The molecule has 0 bridgehead atoms. The molecule has 1 heterocycles. The Labute approximate surface area is 105 Å². The minimum absolute atomic E-state index is 0.210. The molecule has 17 heavy (non-hydrogen) atoms. The highest BCUT2D eigenvalue weighted by molar-refractivity contribution is 7.80. The zero-order valence-electron chi connectivity index (χ0n) is 9.49. The van der Waals surface area contributed by atoms with E-state index < -0.39 is 0 Å². The van der Waals surface area contributed by atoms with Crippen molar-refractivity contribution >= 4 is 29.0 Å². The second-order valence-electron chi connectivity index (χ2n) is 3.13. The summed E-state index contributed by atoms with van der Waals surface area (Å²) in [4.78, 5) is 14.8. The Morgan fingerprint density at radius 2 is 2.18 bits per heavy atom. The Hall–Kier alpha value is -1.89. The Balaban J connectivity index is 2.16. The lowest BCUT2D eigenvalue weighted by molar-refractivity contribution is 0.243. The Morgan fingerprint density at radius 1 is 1.41 bits per heavy atom. The van der Waals surface area contributed by atoms with Gasteiger partial charge >= 0.3 is 6.03 Å². The number of urea groups is 1. The number of pyridine rings is 1. The lowest BCUT2D eigenvalue weighted by atomic mass is 10.4. The third-order valence-corrected chi connectivity index (χ3v) is 2.09. The minimum atomic E-state index is -0.210. The van der Waals surface area contributed by atoms with E-state index in [1.807, 2.05) is 12.1 Å². The summed E-state index contributed by atoms with van der Waals surface area (Å²) in [5, 5.41) is 11.5. The van der Waals surface area contributed by atoms with Crippen LogP contribution >= 0.6 is 12.2 Å². The number of nitrogens with one attached hydrogen (secondary N) is 4. The van der Waals surface area contributed by atoms with E-state index in [9.17, 15) is 4.79 Å². The summed E-state index contributed by atoms with van der Waals surface area (Å²) in [5.41, 5.74) is 0.823. The standard InChI is InChI=1S/C10H15N5OS/c1-11-9(16)13-5-6-14-10(17)15-8-3-2-4-12-7-8/h2-4,7H,5-6H2,1H3,(H2,11,13,16)(H2,14,15,17). The topological polar surface area (TPSA) is 78.1 Å². The maximum Gasteiger partial charge on any atom is 0.314 e. The SMILES string of the molecule is CNC(=O)NCCNC(=S)Nc1cccnc1. The molecule has 2 amide bonds. The first-order valence-electron chi connectivity index (χ1n) is 5.13. The number of nitrogens with zero attached hydrogens (tertiary/aromatic N) is 1. The van der Waals surface area contributed by atoms with Gasteiger partial charge in [-0.2, -0.15) is 0 Å². The molecule has 0 radical (unpaired) electrons. The number of hydrogen-bond donors (Lipinski definition) is 4. The molecule has 0 aliphatic heterocycles. The van der Waals surface area contributed by atoms with Crippen LogP contribution in [0.4, 0.5) is 10.5 Å². The second-order valence-corrected chi connectivity index (χ2v) is 3.54. The van der Waals surface area contributed by atoms with Gasteiger partial charge in [-0.3, -0.25) is 4.98 Å². The van der Waals surface area contributed by atoms with Crippen molar-refractivity contribution in [1.29, 1.82) is 0 Å². The van der Waals surface area contributed by atoms with Gasteiger partial charge in [0.15, 0.2) is 5.11 Å². The van der Waals surface area contributed by atoms with Gasteiger partial charge in [-0.15, -0.1) is 0 Å². The highest BCUT2D eigenvalue weighted by Crippen LogP contribution is 2.01. The second kappa shape index (κ2) is 7.39. The molecule has 0 spiro atoms. The van der Waals surface area contributed by atoms with Gasteiger partial charge in [-0.05, 0) is 24.4 Å². The van der Waals surface area contributed by atoms with E-state index in [2.05, 4.69) is 26.3 Å². The van der Waals surface area contributed by atoms with Crippen LogP contribution in [0.1, 0.15) is 0 Å². The molecule has 0 saturated heterocycles. The van der Waals surface area contributed by atoms with E-state index in [-0.39, 0.29) is 6.03 Å². The summed E-state index contributed by atoms with van der Waals surface area (Å²) in [7, 11) is 1.57. The molecule has 0 saturated carbocycles. The maximum atomic E-state index is 10.8. The van der Waals surface area contributed by atoms with Crippen LogP contribution in [0.3, 0.4) is 0 Å². The normalized spacial score (nSPS) is 9.24. The summed E-state index contributed by atoms with van der Waals surface area (Å²) >= 11 is 5.07. The highest BCUT2D eigenvalue weighted by atomic mass is 32.1. The van der Waals surface area contributed by atoms with Gasteiger partial charge in [0.05, 0.1) is 11.9 Å². The van der Waals surface area contributed by atoms with E-state index in [4.69, 9.17) is 12.2 Å². The van der Waals surface area contributed by atoms with Gasteiger partial charge in [0.2, 0.25) is 0 Å². The summed E-state index contributed by atoms with van der Waals surface area (Å²) in [6.07, 6.45) is 3.37. The van der Waals surface area contributed by atoms with Crippen molar-refractivity contribution < 1.29 is 4.79 Å². The smallest absolute Gasteiger partial charge is 0.314 e. The summed E-state index contributed by atoms with van der Waals surface area (Å²) < 4.78 is 0. The number of carbonyl (C=O) groups is 1. The zero-order chi connectivity index (χ0) is 12.5. The number of thiocarbonyl (C=S) groups is 1. The molecule has 1 aromatic heterocycles. The number of hydrogen-bond acceptors (Lipinski definition) is 3. The summed E-state index contributed by atoms with van der Waals surface area (Å²) in [6, 6.07) is 3.47. The van der Waals surface area contributed by atoms with Crippen molar-refractivity contribution in [2.75, 3.05) is 25.5 Å². The fourth-order valence-corrected chi connectivity index (χ4v) is 1.27. The zero-order valence-corrected chi connectivity index (χ0v) is 10.3. The largest absolute Gasteiger partial charge is 0.361 e. The first kappa shape index (κ1) is 13.2. The molecule has 0 aliphatic rings. The Morgan fingerprint density at radius 3 is 2.82 bits per heavy atom. The van der Waals surface area contributed by atoms with Gasteiger partial charge in [0, 0.05) is 26.3 Å². The van der Waals surface area contributed by atoms with Gasteiger partial charge in [-0.25, -0.2) is 4.79 Å². The third-order valence-electron chi connectivity index (χ3n) is 1.84. The molecule has 92 valence electrons. The van der Waals surface area contributed by atoms with E-state index in [1.54, 1.807) is 19.4 Å². The predicted molar refractivity (Wildman–Crippen MR) is 70.9 cm³/mol. The van der Waals surface area contributed by atoms with E-state index in [1.165, 1.54) is 0 Å². The van der Waals surface area contributed by atoms with Crippen LogP contribution in [0.2, 0.25) is 0 Å². The van der Waals surface area contributed by atoms with Gasteiger partial charge in [0.25, 0.3) is 0 Å². The number of anilines is 1. The molecule has 7 heteroatoms. The number of carbonyl (C=O) groups excluding carboxylic acids is 1. The van der Waals surface area contributed by atoms with Crippen molar-refractivity contribution in [2.24, 2.45) is 0 Å². The first-order chi connectivity index (χ1) is 8.22. The molecule has 6 nitrogen and oxygen atoms in total. The molecule has 1 aromatic rings. The molecule has 0 unspecified atom stereocenters. The van der Waals surface area contributed by atoms with Crippen LogP contribution in [0.5, 0.6) is 0 Å². The fraction of sp³-hybridized carbons (Fsp3) is 0.300. The minimum Gasteiger partial charge on any atom is -0.361 e. The maximum absolute atomic E-state index is 10.8. The molecular weight excluding hydrogens is 238 g/mol. The number of aromatic nitrogens is 1. The molecule has 0 aromatic carbocycles. The number of amides is 2. The Kier molecular flexibility index (Phi) is 5.73. The van der Waals surface area contributed by atoms with Crippen LogP contribution in [0.15, 0.2) is 24.5 Å². The van der Waals surface area contributed by atoms with Crippen LogP contribution in [0, 0.1) is 0 Å². The first-order valence-corrected chi connectivity index (χ1v) is 5.53. The van der Waals surface area contributed by atoms with Crippen LogP contribution < -0.4 is 21.3 Å². The lowest BCUT2D eigenvalue weighted by Crippen LogP contribution is -2.39. The molecule has 0 aliphatic carbocycles. The lowest BCUT2D eigenvalue weighted by Gasteiger charge is -2.10. The van der Waals surface area contributed by atoms with Crippen molar-refractivity contribution in [1.82, 2.24) is 20.9 Å². The summed E-state index contributed by atoms with van der Waals surface area (Å²) in [6.45, 7) is 1.05. The van der Waals surface area contributed by atoms with Gasteiger partial charge in [0.1, 0.15) is 0 Å². The molecule has 0 fully saturated rings. The highest BCUT2D eigenvalue weighted by Gasteiger charge is 1.97. The van der Waals surface area contributed by atoms with Crippen LogP contribution in [0.25, 0.3) is 0 Å².